The summed E-state index contributed by atoms with van der Waals surface area (Å²) in [6.07, 6.45) is -61.8. The maximum atomic E-state index is 12.7. The Balaban J connectivity index is 0.00000431. The number of carbonyl (C=O) groups is 2. The highest BCUT2D eigenvalue weighted by Gasteiger charge is 2.56. The number of rotatable bonds is 26. The van der Waals surface area contributed by atoms with E-state index in [1.165, 1.54) is 0 Å². The highest BCUT2D eigenvalue weighted by atomic mass is 31.2. The molecule has 0 spiro atoms. The number of nitrogens with one attached hydrogen (secondary N) is 1. The molecule has 30 atom stereocenters. The zero-order valence-electron chi connectivity index (χ0n) is 43.6. The van der Waals surface area contributed by atoms with Gasteiger partial charge < -0.3 is 183 Å². The summed E-state index contributed by atoms with van der Waals surface area (Å²) >= 11 is 0. The van der Waals surface area contributed by atoms with Gasteiger partial charge in [0.1, 0.15) is 160 Å². The summed E-state index contributed by atoms with van der Waals surface area (Å²) in [5.74, 6) is 3.12. The smallest absolute Gasteiger partial charge is 0.246 e. The molecule has 0 radical (unpaired) electrons. The predicted molar refractivity (Wildman–Crippen MR) is 244 cm³/mol. The van der Waals surface area contributed by atoms with Crippen LogP contribution < -0.4 is 31.2 Å². The molecular weight excluding hydrogens is 1220 g/mol. The van der Waals surface area contributed by atoms with Crippen molar-refractivity contribution < 1.29 is 197 Å². The van der Waals surface area contributed by atoms with Crippen LogP contribution in [0.5, 0.6) is 0 Å². The molecule has 6 fully saturated rings. The molecule has 20 N–H and O–H groups in total. The van der Waals surface area contributed by atoms with Gasteiger partial charge in [-0.15, -0.1) is 0 Å². The molecule has 44 heteroatoms. The highest BCUT2D eigenvalue weighted by molar-refractivity contribution is 7.43. The average molecular weight is 1290 g/mol. The third-order valence-electron chi connectivity index (χ3n) is 13.8. The summed E-state index contributed by atoms with van der Waals surface area (Å²) in [7, 11) is -6.82. The SMILES string of the molecule is NOCC(=O)CNC(=O)CO[C@@H]1OC(CO[C@H]2OC(CO[C@H]3OC(CO)[C@@H](O)[C@H](O)C3O[C@H]3OC(CO[O-])[C@@H](O)[C@H](O)C3O)[C@@H](O)[C@H](O)C2O)[C@@H](O)[C@H](O[C@H]2OC(CO)[C@@H](O)[C@H](O)C2O[C@H]2OC(COP(=O)([O-])[O-])[C@@H](O)[C@H](O)C2O)C1O.O=P[O-]. The van der Waals surface area contributed by atoms with Crippen LogP contribution in [0.3, 0.4) is 0 Å². The third-order valence-corrected chi connectivity index (χ3v) is 14.2. The molecule has 0 aromatic carbocycles. The maximum absolute atomic E-state index is 12.7. The Bertz CT molecular complexity index is 2080. The second kappa shape index (κ2) is 33.9. The Labute approximate surface area is 479 Å². The standard InChI is InChI=1S/C41H71N2O38P.HO2P/c42-70-4-10(46)1-43-17(47)9-69-37-32(62)33(79-41-35(28(58)19(49)12(3-45)74-41)81-39-31(61)26(56)22(52)16(78-39)8-72-82(64,65)66)23(53)14(76-37)6-67-36-29(59)24(54)20(50)13(75-36)5-68-40-34(27(57)18(48)11(2-44)73-40)80-38-30(60)25(55)21(51)15(77-38)7-71-63;1-3-2/h11-16,18-41,44-45,48-63H,1-9,42H2,(H,43,47)(H2,64,65,66);(H,1,2)/p-4/t11?,12?,13?,14?,15?,16?,18-,19-,20-,21-,22-,23-,24+,25+,26+,27+,28+,29?,30?,31?,32?,33+,34?,35?,36+,37-,38-,39-,40+,41-;/m1./s1. The van der Waals surface area contributed by atoms with E-state index in [4.69, 9.17) is 72.2 Å². The van der Waals surface area contributed by atoms with E-state index in [0.717, 1.165) is 0 Å². The van der Waals surface area contributed by atoms with E-state index in [9.17, 15) is 116 Å². The van der Waals surface area contributed by atoms with E-state index in [-0.39, 0.29) is 0 Å². The molecule has 6 aliphatic rings. The number of amides is 1. The molecule has 6 saturated heterocycles. The van der Waals surface area contributed by atoms with Crippen molar-refractivity contribution in [3.63, 3.8) is 0 Å². The van der Waals surface area contributed by atoms with Gasteiger partial charge in [0.05, 0.1) is 62.7 Å². The zero-order valence-corrected chi connectivity index (χ0v) is 45.4. The molecule has 6 rings (SSSR count). The van der Waals surface area contributed by atoms with Crippen LogP contribution in [0.15, 0.2) is 0 Å². The second-order valence-electron chi connectivity index (χ2n) is 19.5. The van der Waals surface area contributed by atoms with Crippen molar-refractivity contribution in [2.75, 3.05) is 59.4 Å². The summed E-state index contributed by atoms with van der Waals surface area (Å²) in [4.78, 5) is 63.2. The van der Waals surface area contributed by atoms with Crippen molar-refractivity contribution in [2.24, 2.45) is 5.90 Å². The molecular formula is C41H68N2O40P2-4. The Morgan fingerprint density at radius 2 is 0.847 bits per heavy atom. The monoisotopic (exact) mass is 1290 g/mol. The Morgan fingerprint density at radius 3 is 1.32 bits per heavy atom. The maximum Gasteiger partial charge on any atom is 0.246 e. The van der Waals surface area contributed by atoms with Gasteiger partial charge in [0.15, 0.2) is 43.5 Å². The Morgan fingerprint density at radius 1 is 0.471 bits per heavy atom. The fourth-order valence-corrected chi connectivity index (χ4v) is 9.46. The van der Waals surface area contributed by atoms with Gasteiger partial charge in [-0.3, -0.25) is 19.0 Å². The van der Waals surface area contributed by atoms with Crippen LogP contribution in [0, 0.1) is 0 Å². The van der Waals surface area contributed by atoms with E-state index in [1.54, 1.807) is 0 Å². The number of aliphatic hydroxyl groups excluding tert-OH is 17. The number of hydrogen-bond acceptors (Lipinski definition) is 41. The fourth-order valence-electron chi connectivity index (χ4n) is 9.14. The summed E-state index contributed by atoms with van der Waals surface area (Å²) in [5.41, 5.74) is 0. The normalized spacial score (nSPS) is 44.5. The minimum Gasteiger partial charge on any atom is -0.790 e. The average Bonchev–Trinajstić information content (AvgIpc) is 1.72. The quantitative estimate of drug-likeness (QED) is 0.0217. The Hall–Kier alpha value is -2.01. The molecule has 85 heavy (non-hydrogen) atoms. The van der Waals surface area contributed by atoms with Gasteiger partial charge in [0, 0.05) is 0 Å². The van der Waals surface area contributed by atoms with Crippen molar-refractivity contribution in [3.8, 4) is 0 Å². The first-order chi connectivity index (χ1) is 40.1. The van der Waals surface area contributed by atoms with Crippen molar-refractivity contribution in [2.45, 2.75) is 184 Å². The van der Waals surface area contributed by atoms with E-state index in [1.807, 2.05) is 0 Å². The molecule has 1 amide bonds. The van der Waals surface area contributed by atoms with Crippen LogP contribution in [0.4, 0.5) is 0 Å². The van der Waals surface area contributed by atoms with Crippen LogP contribution in [0.1, 0.15) is 0 Å². The van der Waals surface area contributed by atoms with Crippen LogP contribution in [-0.4, -0.2) is 342 Å². The lowest BCUT2D eigenvalue weighted by atomic mass is 9.96. The van der Waals surface area contributed by atoms with E-state index < -0.39 is 272 Å². The number of ether oxygens (including phenoxy) is 12. The summed E-state index contributed by atoms with van der Waals surface area (Å²) < 4.78 is 90.8. The molecule has 0 saturated carbocycles. The van der Waals surface area contributed by atoms with Gasteiger partial charge >= 0.3 is 0 Å². The number of nitrogens with two attached hydrogens (primary N) is 1. The lowest BCUT2D eigenvalue weighted by molar-refractivity contribution is -0.692. The van der Waals surface area contributed by atoms with Crippen molar-refractivity contribution in [1.82, 2.24) is 5.32 Å². The first kappa shape index (κ1) is 73.7. The lowest BCUT2D eigenvalue weighted by Crippen LogP contribution is -2.67. The van der Waals surface area contributed by atoms with Gasteiger partial charge in [-0.05, 0) is 0 Å². The summed E-state index contributed by atoms with van der Waals surface area (Å²) in [5, 5.41) is 196. The van der Waals surface area contributed by atoms with E-state index in [0.29, 0.717) is 0 Å². The second-order valence-corrected chi connectivity index (χ2v) is 20.8. The number of carbonyl (C=O) groups excluding carboxylic acids is 2. The molecule has 12 unspecified atom stereocenters. The summed E-state index contributed by atoms with van der Waals surface area (Å²) in [6.45, 7) is -8.45. The molecule has 42 nitrogen and oxygen atoms in total. The first-order valence-corrected chi connectivity index (χ1v) is 27.4. The minimum absolute atomic E-state index is 0.617. The Kier molecular flexibility index (Phi) is 29.4. The van der Waals surface area contributed by atoms with Gasteiger partial charge in [-0.2, -0.15) is 0 Å². The zero-order chi connectivity index (χ0) is 63.4. The van der Waals surface area contributed by atoms with Crippen LogP contribution in [-0.2, 0) is 89.8 Å². The molecule has 0 aromatic rings. The number of hydrogen-bond donors (Lipinski definition) is 19. The molecule has 6 heterocycles. The number of Topliss-reactive ketones (excluding diaryl/α,β-unsaturated/α-hetero) is 1. The number of phosphoric acid groups is 1. The highest BCUT2D eigenvalue weighted by Crippen LogP contribution is 2.36. The van der Waals surface area contributed by atoms with Crippen molar-refractivity contribution in [1.29, 1.82) is 0 Å². The van der Waals surface area contributed by atoms with Gasteiger partial charge in [-0.1, -0.05) is 0 Å². The number of ketones is 1. The lowest BCUT2D eigenvalue weighted by Gasteiger charge is -2.49. The topological polar surface area (TPSA) is 681 Å². The third kappa shape index (κ3) is 19.0. The number of phosphoric ester groups is 1. The first-order valence-electron chi connectivity index (χ1n) is 25.2. The van der Waals surface area contributed by atoms with Crippen LogP contribution >= 0.6 is 16.5 Å². The van der Waals surface area contributed by atoms with E-state index in [2.05, 4.69) is 19.6 Å². The molecule has 0 aromatic heterocycles. The van der Waals surface area contributed by atoms with E-state index >= 15 is 0 Å². The molecule has 6 aliphatic heterocycles. The van der Waals surface area contributed by atoms with Gasteiger partial charge in [0.2, 0.25) is 5.91 Å². The molecule has 0 bridgehead atoms. The van der Waals surface area contributed by atoms with Gasteiger partial charge in [0.25, 0.3) is 0 Å². The largest absolute Gasteiger partial charge is 0.790 e. The molecule has 496 valence electrons. The van der Waals surface area contributed by atoms with Crippen molar-refractivity contribution in [3.05, 3.63) is 0 Å². The van der Waals surface area contributed by atoms with Gasteiger partial charge in [-0.25, -0.2) is 5.90 Å². The number of aliphatic hydroxyl groups is 17. The summed E-state index contributed by atoms with van der Waals surface area (Å²) in [6, 6.07) is 0. The van der Waals surface area contributed by atoms with Crippen LogP contribution in [0.2, 0.25) is 0 Å². The molecule has 0 aliphatic carbocycles. The van der Waals surface area contributed by atoms with Crippen LogP contribution in [0.25, 0.3) is 0 Å². The van der Waals surface area contributed by atoms with Crippen molar-refractivity contribution >= 4 is 28.2 Å². The predicted octanol–water partition coefficient (Wildman–Crippen LogP) is -17.8. The fraction of sp³-hybridized carbons (Fsp3) is 0.951. The minimum atomic E-state index is -5.74.